The Labute approximate surface area is 191 Å². The number of hydrazine groups is 1. The third-order valence-corrected chi connectivity index (χ3v) is 7.42. The van der Waals surface area contributed by atoms with Crippen molar-refractivity contribution in [2.45, 2.75) is 69.1 Å². The number of ether oxygens (including phenoxy) is 1. The van der Waals surface area contributed by atoms with Crippen molar-refractivity contribution in [2.75, 3.05) is 19.0 Å². The largest absolute Gasteiger partial charge is 0.421 e. The SMILES string of the molecule is COC(C)(c1ccc(NC2NN([C@H]3CCCC[C@@H]3C#N)C3CCNC(=O)C23)cc1)C(F)(F)F. The van der Waals surface area contributed by atoms with Crippen molar-refractivity contribution in [3.05, 3.63) is 29.8 Å². The fraction of sp³-hybridized carbons (Fsp3) is 0.652. The lowest BCUT2D eigenvalue weighted by Gasteiger charge is -2.39. The maximum absolute atomic E-state index is 13.5. The van der Waals surface area contributed by atoms with E-state index >= 15 is 0 Å². The van der Waals surface area contributed by atoms with Crippen LogP contribution in [0.2, 0.25) is 0 Å². The average molecular weight is 466 g/mol. The first kappa shape index (κ1) is 23.8. The van der Waals surface area contributed by atoms with Crippen LogP contribution in [-0.2, 0) is 15.1 Å². The first-order valence-electron chi connectivity index (χ1n) is 11.4. The predicted octanol–water partition coefficient (Wildman–Crippen LogP) is 3.26. The van der Waals surface area contributed by atoms with Crippen molar-refractivity contribution in [3.63, 3.8) is 0 Å². The van der Waals surface area contributed by atoms with Crippen molar-refractivity contribution in [1.82, 2.24) is 15.8 Å². The van der Waals surface area contributed by atoms with Crippen molar-refractivity contribution in [1.29, 1.82) is 5.26 Å². The van der Waals surface area contributed by atoms with E-state index in [1.54, 1.807) is 12.1 Å². The van der Waals surface area contributed by atoms with Gasteiger partial charge in [0.25, 0.3) is 0 Å². The zero-order valence-corrected chi connectivity index (χ0v) is 18.8. The summed E-state index contributed by atoms with van der Waals surface area (Å²) in [6.07, 6.45) is -0.406. The second kappa shape index (κ2) is 9.12. The highest BCUT2D eigenvalue weighted by Crippen LogP contribution is 2.42. The number of nitriles is 1. The van der Waals surface area contributed by atoms with E-state index in [-0.39, 0.29) is 35.4 Å². The topological polar surface area (TPSA) is 89.4 Å². The number of fused-ring (bicyclic) bond motifs is 1. The van der Waals surface area contributed by atoms with Crippen LogP contribution in [0.4, 0.5) is 18.9 Å². The highest BCUT2D eigenvalue weighted by molar-refractivity contribution is 5.82. The van der Waals surface area contributed by atoms with Gasteiger partial charge in [0.1, 0.15) is 6.17 Å². The highest BCUT2D eigenvalue weighted by atomic mass is 19.4. The summed E-state index contributed by atoms with van der Waals surface area (Å²) in [6.45, 7) is 1.58. The molecule has 10 heteroatoms. The van der Waals surface area contributed by atoms with Crippen molar-refractivity contribution in [2.24, 2.45) is 11.8 Å². The van der Waals surface area contributed by atoms with E-state index in [9.17, 15) is 23.2 Å². The van der Waals surface area contributed by atoms with E-state index in [0.717, 1.165) is 46.1 Å². The van der Waals surface area contributed by atoms with Gasteiger partial charge in [-0.3, -0.25) is 4.79 Å². The number of hydrogen-bond donors (Lipinski definition) is 3. The molecule has 3 N–H and O–H groups in total. The molecular formula is C23H30F3N5O2. The maximum Gasteiger partial charge on any atom is 0.421 e. The summed E-state index contributed by atoms with van der Waals surface area (Å²) in [5.74, 6) is -0.535. The minimum absolute atomic E-state index is 0.00332. The third kappa shape index (κ3) is 4.29. The standard InChI is InChI=1S/C23H30F3N5O2/c1-22(33-2,23(24,25)26)15-7-9-16(10-8-15)29-20-19-18(11-12-28-21(19)32)31(30-20)17-6-4-3-5-14(17)13-27/h7-10,14,17-20,29-30H,3-6,11-12H2,1-2H3,(H,28,32)/t14-,17+,18?,19?,20?,22?/m1/s1. The highest BCUT2D eigenvalue weighted by Gasteiger charge is 2.53. The number of rotatable bonds is 5. The van der Waals surface area contributed by atoms with Crippen LogP contribution in [0.25, 0.3) is 0 Å². The maximum atomic E-state index is 13.5. The summed E-state index contributed by atoms with van der Waals surface area (Å²) in [5.41, 5.74) is 1.62. The van der Waals surface area contributed by atoms with E-state index in [0.29, 0.717) is 12.2 Å². The number of hydrogen-bond acceptors (Lipinski definition) is 6. The molecule has 1 aliphatic carbocycles. The first-order valence-corrected chi connectivity index (χ1v) is 11.4. The minimum atomic E-state index is -4.56. The second-order valence-corrected chi connectivity index (χ2v) is 9.23. The van der Waals surface area contributed by atoms with Gasteiger partial charge in [-0.25, -0.2) is 10.4 Å². The van der Waals surface area contributed by atoms with E-state index in [4.69, 9.17) is 4.74 Å². The molecule has 4 unspecified atom stereocenters. The summed E-state index contributed by atoms with van der Waals surface area (Å²) in [7, 11) is 1.04. The summed E-state index contributed by atoms with van der Waals surface area (Å²) in [5, 5.41) is 18.0. The van der Waals surface area contributed by atoms with Crippen LogP contribution >= 0.6 is 0 Å². The average Bonchev–Trinajstić information content (AvgIpc) is 3.17. The smallest absolute Gasteiger partial charge is 0.368 e. The lowest BCUT2D eigenvalue weighted by atomic mass is 9.83. The number of nitrogens with zero attached hydrogens (tertiary/aromatic N) is 2. The van der Waals surface area contributed by atoms with Crippen LogP contribution in [0.1, 0.15) is 44.6 Å². The van der Waals surface area contributed by atoms with Gasteiger partial charge in [-0.05, 0) is 43.9 Å². The molecule has 0 aromatic heterocycles. The molecule has 2 saturated heterocycles. The fourth-order valence-electron chi connectivity index (χ4n) is 5.36. The van der Waals surface area contributed by atoms with Crippen molar-refractivity contribution < 1.29 is 22.7 Å². The molecule has 1 amide bonds. The Morgan fingerprint density at radius 2 is 1.85 bits per heavy atom. The van der Waals surface area contributed by atoms with E-state index < -0.39 is 17.9 Å². The molecule has 0 bridgehead atoms. The van der Waals surface area contributed by atoms with Gasteiger partial charge < -0.3 is 15.4 Å². The Morgan fingerprint density at radius 3 is 2.48 bits per heavy atom. The number of carbonyl (C=O) groups is 1. The van der Waals surface area contributed by atoms with Gasteiger partial charge in [0.2, 0.25) is 5.91 Å². The molecule has 7 nitrogen and oxygen atoms in total. The molecule has 6 atom stereocenters. The molecule has 3 fully saturated rings. The number of piperidine rings is 1. The van der Waals surface area contributed by atoms with Gasteiger partial charge in [-0.1, -0.05) is 25.0 Å². The molecule has 2 aliphatic heterocycles. The summed E-state index contributed by atoms with van der Waals surface area (Å²) in [6, 6.07) is 8.33. The van der Waals surface area contributed by atoms with E-state index in [2.05, 4.69) is 27.1 Å². The first-order chi connectivity index (χ1) is 15.7. The Kier molecular flexibility index (Phi) is 6.58. The molecule has 1 saturated carbocycles. The molecule has 1 aromatic carbocycles. The number of anilines is 1. The molecule has 0 spiro atoms. The minimum Gasteiger partial charge on any atom is -0.368 e. The zero-order chi connectivity index (χ0) is 23.8. The Balaban J connectivity index is 1.55. The third-order valence-electron chi connectivity index (χ3n) is 7.42. The normalized spacial score (nSPS) is 32.4. The Hall–Kier alpha value is -2.35. The quantitative estimate of drug-likeness (QED) is 0.619. The second-order valence-electron chi connectivity index (χ2n) is 9.23. The van der Waals surface area contributed by atoms with Crippen LogP contribution in [0.5, 0.6) is 0 Å². The van der Waals surface area contributed by atoms with Crippen molar-refractivity contribution >= 4 is 11.6 Å². The molecule has 1 aromatic rings. The van der Waals surface area contributed by atoms with Crippen LogP contribution in [0.3, 0.4) is 0 Å². The van der Waals surface area contributed by atoms with Gasteiger partial charge in [0.15, 0.2) is 5.60 Å². The molecular weight excluding hydrogens is 435 g/mol. The fourth-order valence-corrected chi connectivity index (χ4v) is 5.36. The number of nitrogens with one attached hydrogen (secondary N) is 3. The van der Waals surface area contributed by atoms with Crippen LogP contribution in [-0.4, -0.2) is 49.0 Å². The number of methoxy groups -OCH3 is 1. The van der Waals surface area contributed by atoms with Gasteiger partial charge in [-0.15, -0.1) is 0 Å². The number of benzene rings is 1. The monoisotopic (exact) mass is 465 g/mol. The van der Waals surface area contributed by atoms with Gasteiger partial charge in [0.05, 0.1) is 17.9 Å². The Bertz CT molecular complexity index is 903. The summed E-state index contributed by atoms with van der Waals surface area (Å²) >= 11 is 0. The molecule has 33 heavy (non-hydrogen) atoms. The molecule has 4 rings (SSSR count). The zero-order valence-electron chi connectivity index (χ0n) is 18.8. The van der Waals surface area contributed by atoms with Crippen LogP contribution in [0, 0.1) is 23.2 Å². The number of alkyl halides is 3. The number of amides is 1. The molecule has 3 aliphatic rings. The summed E-state index contributed by atoms with van der Waals surface area (Å²) < 4.78 is 45.3. The van der Waals surface area contributed by atoms with Crippen LogP contribution in [0.15, 0.2) is 24.3 Å². The predicted molar refractivity (Wildman–Crippen MR) is 116 cm³/mol. The number of halogens is 3. The van der Waals surface area contributed by atoms with Crippen molar-refractivity contribution in [3.8, 4) is 6.07 Å². The molecule has 2 heterocycles. The van der Waals surface area contributed by atoms with Crippen LogP contribution < -0.4 is 16.1 Å². The van der Waals surface area contributed by atoms with Gasteiger partial charge >= 0.3 is 6.18 Å². The van der Waals surface area contributed by atoms with Gasteiger partial charge in [0, 0.05) is 31.4 Å². The van der Waals surface area contributed by atoms with E-state index in [1.807, 2.05) is 0 Å². The summed E-state index contributed by atoms with van der Waals surface area (Å²) in [4.78, 5) is 12.8. The lowest BCUT2D eigenvalue weighted by molar-refractivity contribution is -0.269. The Morgan fingerprint density at radius 1 is 1.15 bits per heavy atom. The molecule has 0 radical (unpaired) electrons. The lowest BCUT2D eigenvalue weighted by Crippen LogP contribution is -2.54. The number of carbonyl (C=O) groups excluding carboxylic acids is 1. The van der Waals surface area contributed by atoms with Gasteiger partial charge in [-0.2, -0.15) is 18.4 Å². The van der Waals surface area contributed by atoms with E-state index in [1.165, 1.54) is 12.1 Å². The molecule has 180 valence electrons.